The van der Waals surface area contributed by atoms with E-state index in [0.717, 1.165) is 11.1 Å². The molecule has 1 heterocycles. The Hall–Kier alpha value is -3.62. The van der Waals surface area contributed by atoms with Gasteiger partial charge in [0.2, 0.25) is 13.4 Å². The number of benzene rings is 2. The average molecular weight is 402 g/mol. The molecule has 1 N–H and O–H groups in total. The van der Waals surface area contributed by atoms with E-state index in [1.54, 1.807) is 37.3 Å². The average Bonchev–Trinajstić information content (AvgIpc) is 3.19. The van der Waals surface area contributed by atoms with Crippen molar-refractivity contribution in [3.8, 4) is 11.5 Å². The minimum absolute atomic E-state index is 0.175. The van der Waals surface area contributed by atoms with Crippen molar-refractivity contribution in [3.05, 3.63) is 59.4 Å². The van der Waals surface area contributed by atoms with Crippen LogP contribution in [0.2, 0.25) is 0 Å². The summed E-state index contributed by atoms with van der Waals surface area (Å²) in [6.07, 6.45) is 0. The number of hydrogen-bond donors (Lipinski definition) is 1. The summed E-state index contributed by atoms with van der Waals surface area (Å²) in [7, 11) is 0. The molecule has 0 spiro atoms. The van der Waals surface area contributed by atoms with Crippen molar-refractivity contribution in [2.45, 2.75) is 13.5 Å². The van der Waals surface area contributed by atoms with E-state index in [2.05, 4.69) is 10.5 Å². The fourth-order valence-electron chi connectivity index (χ4n) is 2.40. The number of carbonyl (C=O) groups is 2. The molecule has 0 atom stereocenters. The second-order valence-corrected chi connectivity index (χ2v) is 6.08. The van der Waals surface area contributed by atoms with Gasteiger partial charge >= 0.3 is 5.97 Å². The molecule has 0 aromatic heterocycles. The molecule has 9 heteroatoms. The highest BCUT2D eigenvalue weighted by molar-refractivity contribution is 5.99. The predicted octanol–water partition coefficient (Wildman–Crippen LogP) is 2.15. The van der Waals surface area contributed by atoms with Crippen LogP contribution >= 0.6 is 0 Å². The van der Waals surface area contributed by atoms with Crippen LogP contribution in [0.1, 0.15) is 18.1 Å². The van der Waals surface area contributed by atoms with Crippen LogP contribution in [0.5, 0.6) is 11.5 Å². The monoisotopic (exact) mass is 402 g/mol. The van der Waals surface area contributed by atoms with Crippen LogP contribution in [0.4, 0.5) is 4.39 Å². The largest absolute Gasteiger partial charge is 0.454 e. The first-order valence-corrected chi connectivity index (χ1v) is 8.74. The van der Waals surface area contributed by atoms with Gasteiger partial charge in [-0.1, -0.05) is 17.3 Å². The number of carbonyl (C=O) groups excluding carboxylic acids is 2. The minimum Gasteiger partial charge on any atom is -0.454 e. The molecule has 1 aliphatic heterocycles. The number of nitrogens with zero attached hydrogens (tertiary/aromatic N) is 1. The minimum atomic E-state index is -0.732. The van der Waals surface area contributed by atoms with E-state index in [0.29, 0.717) is 17.2 Å². The first kappa shape index (κ1) is 20.1. The Morgan fingerprint density at radius 1 is 1.10 bits per heavy atom. The Balaban J connectivity index is 1.36. The molecule has 0 unspecified atom stereocenters. The smallest absolute Gasteiger partial charge is 0.347 e. The van der Waals surface area contributed by atoms with Gasteiger partial charge in [0.05, 0.1) is 5.71 Å². The molecule has 2 aromatic carbocycles. The first-order chi connectivity index (χ1) is 14.0. The van der Waals surface area contributed by atoms with Gasteiger partial charge in [0.1, 0.15) is 5.82 Å². The third-order valence-electron chi connectivity index (χ3n) is 3.94. The number of amides is 1. The van der Waals surface area contributed by atoms with Crippen molar-refractivity contribution in [1.82, 2.24) is 5.32 Å². The van der Waals surface area contributed by atoms with Gasteiger partial charge < -0.3 is 24.4 Å². The number of fused-ring (bicyclic) bond motifs is 1. The summed E-state index contributed by atoms with van der Waals surface area (Å²) >= 11 is 0. The maximum Gasteiger partial charge on any atom is 0.347 e. The van der Waals surface area contributed by atoms with E-state index in [1.165, 1.54) is 12.1 Å². The van der Waals surface area contributed by atoms with Gasteiger partial charge in [-0.15, -0.1) is 0 Å². The summed E-state index contributed by atoms with van der Waals surface area (Å²) in [5.74, 6) is -0.302. The molecule has 2 aromatic rings. The normalized spacial score (nSPS) is 12.4. The Morgan fingerprint density at radius 2 is 1.86 bits per heavy atom. The van der Waals surface area contributed by atoms with Crippen molar-refractivity contribution in [2.24, 2.45) is 5.16 Å². The predicted molar refractivity (Wildman–Crippen MR) is 99.9 cm³/mol. The summed E-state index contributed by atoms with van der Waals surface area (Å²) in [4.78, 5) is 28.3. The zero-order chi connectivity index (χ0) is 20.6. The number of esters is 1. The molecule has 0 saturated carbocycles. The fourth-order valence-corrected chi connectivity index (χ4v) is 2.40. The van der Waals surface area contributed by atoms with Crippen LogP contribution in [0, 0.1) is 5.82 Å². The lowest BCUT2D eigenvalue weighted by molar-refractivity contribution is -0.152. The zero-order valence-corrected chi connectivity index (χ0v) is 15.6. The lowest BCUT2D eigenvalue weighted by Crippen LogP contribution is -2.29. The van der Waals surface area contributed by atoms with E-state index < -0.39 is 25.1 Å². The molecule has 1 aliphatic rings. The lowest BCUT2D eigenvalue weighted by atomic mass is 10.1. The van der Waals surface area contributed by atoms with E-state index in [9.17, 15) is 14.0 Å². The first-order valence-electron chi connectivity index (χ1n) is 8.74. The second kappa shape index (κ2) is 9.54. The number of ether oxygens (including phenoxy) is 3. The maximum atomic E-state index is 12.8. The zero-order valence-electron chi connectivity index (χ0n) is 15.6. The molecular weight excluding hydrogens is 383 g/mol. The van der Waals surface area contributed by atoms with Gasteiger partial charge in [-0.05, 0) is 42.8 Å². The molecule has 0 bridgehead atoms. The quantitative estimate of drug-likeness (QED) is 0.413. The summed E-state index contributed by atoms with van der Waals surface area (Å²) in [5.41, 5.74) is 2.01. The van der Waals surface area contributed by atoms with Crippen LogP contribution in [-0.2, 0) is 25.7 Å². The van der Waals surface area contributed by atoms with Crippen molar-refractivity contribution >= 4 is 17.6 Å². The molecule has 8 nitrogen and oxygen atoms in total. The SMILES string of the molecule is C/C(=N/OCC(=O)OCC(=O)NCc1ccc(F)cc1)c1ccc2c(c1)OCO2. The van der Waals surface area contributed by atoms with Crippen LogP contribution in [0.15, 0.2) is 47.6 Å². The van der Waals surface area contributed by atoms with Gasteiger partial charge in [-0.25, -0.2) is 9.18 Å². The molecule has 0 saturated heterocycles. The summed E-state index contributed by atoms with van der Waals surface area (Å²) < 4.78 is 28.2. The second-order valence-electron chi connectivity index (χ2n) is 6.08. The Morgan fingerprint density at radius 3 is 2.66 bits per heavy atom. The number of oxime groups is 1. The van der Waals surface area contributed by atoms with Crippen LogP contribution in [-0.4, -0.2) is 37.6 Å². The molecule has 0 fully saturated rings. The van der Waals surface area contributed by atoms with Crippen LogP contribution in [0.3, 0.4) is 0 Å². The maximum absolute atomic E-state index is 12.8. The van der Waals surface area contributed by atoms with Crippen molar-refractivity contribution in [2.75, 3.05) is 20.0 Å². The highest BCUT2D eigenvalue weighted by atomic mass is 19.1. The molecular formula is C20H19FN2O6. The Bertz CT molecular complexity index is 914. The van der Waals surface area contributed by atoms with Crippen molar-refractivity contribution < 1.29 is 33.0 Å². The number of halogens is 1. The molecule has 29 heavy (non-hydrogen) atoms. The van der Waals surface area contributed by atoms with E-state index in [1.807, 2.05) is 0 Å². The summed E-state index contributed by atoms with van der Waals surface area (Å²) in [6, 6.07) is 11.0. The molecule has 3 rings (SSSR count). The number of rotatable bonds is 8. The van der Waals surface area contributed by atoms with E-state index in [-0.39, 0.29) is 19.2 Å². The number of hydrogen-bond acceptors (Lipinski definition) is 7. The van der Waals surface area contributed by atoms with Gasteiger partial charge in [0, 0.05) is 12.1 Å². The number of nitrogens with one attached hydrogen (secondary N) is 1. The summed E-state index contributed by atoms with van der Waals surface area (Å²) in [6.45, 7) is 1.20. The highest BCUT2D eigenvalue weighted by Crippen LogP contribution is 2.32. The van der Waals surface area contributed by atoms with Gasteiger partial charge in [-0.2, -0.15) is 0 Å². The molecule has 152 valence electrons. The highest BCUT2D eigenvalue weighted by Gasteiger charge is 2.14. The third kappa shape index (κ3) is 5.93. The van der Waals surface area contributed by atoms with Gasteiger partial charge in [0.15, 0.2) is 18.1 Å². The third-order valence-corrected chi connectivity index (χ3v) is 3.94. The van der Waals surface area contributed by atoms with E-state index in [4.69, 9.17) is 19.0 Å². The molecule has 0 radical (unpaired) electrons. The van der Waals surface area contributed by atoms with E-state index >= 15 is 0 Å². The van der Waals surface area contributed by atoms with Gasteiger partial charge in [0.25, 0.3) is 5.91 Å². The topological polar surface area (TPSA) is 95.5 Å². The standard InChI is InChI=1S/C20H19FN2O6/c1-13(15-4-7-17-18(8-15)28-12-27-17)23-29-11-20(25)26-10-19(24)22-9-14-2-5-16(21)6-3-14/h2-8H,9-12H2,1H3,(H,22,24)/b23-13-. The van der Waals surface area contributed by atoms with Crippen LogP contribution in [0.25, 0.3) is 0 Å². The van der Waals surface area contributed by atoms with Crippen molar-refractivity contribution in [1.29, 1.82) is 0 Å². The Kier molecular flexibility index (Phi) is 6.62. The lowest BCUT2D eigenvalue weighted by Gasteiger charge is -2.07. The van der Waals surface area contributed by atoms with Crippen LogP contribution < -0.4 is 14.8 Å². The fraction of sp³-hybridized carbons (Fsp3) is 0.250. The summed E-state index contributed by atoms with van der Waals surface area (Å²) in [5, 5.41) is 6.42. The molecule has 1 amide bonds. The Labute approximate surface area is 166 Å². The molecule has 0 aliphatic carbocycles. The van der Waals surface area contributed by atoms with Gasteiger partial charge in [-0.3, -0.25) is 4.79 Å². The van der Waals surface area contributed by atoms with Crippen molar-refractivity contribution in [3.63, 3.8) is 0 Å².